The fourth-order valence-electron chi connectivity index (χ4n) is 3.78. The van der Waals surface area contributed by atoms with E-state index in [9.17, 15) is 0 Å². The van der Waals surface area contributed by atoms with E-state index in [0.717, 1.165) is 32.8 Å². The summed E-state index contributed by atoms with van der Waals surface area (Å²) in [5.41, 5.74) is 2.17. The molecule has 0 N–H and O–H groups in total. The molecule has 3 aromatic carbocycles. The van der Waals surface area contributed by atoms with Gasteiger partial charge in [-0.3, -0.25) is 0 Å². The number of rotatable bonds is 1. The highest BCUT2D eigenvalue weighted by atomic mass is 16.7. The average Bonchev–Trinajstić information content (AvgIpc) is 3.08. The van der Waals surface area contributed by atoms with E-state index in [1.807, 2.05) is 24.3 Å². The van der Waals surface area contributed by atoms with Gasteiger partial charge in [0.05, 0.1) is 11.2 Å². The number of hydrogen-bond donors (Lipinski definition) is 0. The topological polar surface area (TPSA) is 31.6 Å². The summed E-state index contributed by atoms with van der Waals surface area (Å²) in [6.07, 6.45) is 0. The first-order valence-corrected chi connectivity index (χ1v) is 9.06. The number of hydrogen-bond acceptors (Lipinski definition) is 3. The molecule has 1 saturated heterocycles. The van der Waals surface area contributed by atoms with Crippen molar-refractivity contribution < 1.29 is 13.7 Å². The van der Waals surface area contributed by atoms with Gasteiger partial charge in [0.25, 0.3) is 0 Å². The van der Waals surface area contributed by atoms with Crippen molar-refractivity contribution in [2.45, 2.75) is 38.9 Å². The maximum Gasteiger partial charge on any atom is 0.495 e. The number of furan rings is 1. The van der Waals surface area contributed by atoms with E-state index in [1.165, 1.54) is 5.39 Å². The lowest BCUT2D eigenvalue weighted by Crippen LogP contribution is -2.41. The summed E-state index contributed by atoms with van der Waals surface area (Å²) in [6, 6.07) is 18.7. The summed E-state index contributed by atoms with van der Waals surface area (Å²) >= 11 is 0. The minimum absolute atomic E-state index is 0.355. The van der Waals surface area contributed by atoms with E-state index in [-0.39, 0.29) is 18.3 Å². The largest absolute Gasteiger partial charge is 0.495 e. The lowest BCUT2D eigenvalue weighted by Gasteiger charge is -2.32. The van der Waals surface area contributed by atoms with Crippen LogP contribution in [-0.2, 0) is 9.31 Å². The van der Waals surface area contributed by atoms with Gasteiger partial charge in [-0.05, 0) is 56.1 Å². The highest BCUT2D eigenvalue weighted by Crippen LogP contribution is 2.38. The van der Waals surface area contributed by atoms with Crippen molar-refractivity contribution >= 4 is 45.3 Å². The van der Waals surface area contributed by atoms with E-state index in [1.54, 1.807) is 0 Å². The lowest BCUT2D eigenvalue weighted by molar-refractivity contribution is 0.00578. The van der Waals surface area contributed by atoms with Gasteiger partial charge in [0.15, 0.2) is 0 Å². The first-order chi connectivity index (χ1) is 12.4. The average molecular weight is 344 g/mol. The Kier molecular flexibility index (Phi) is 3.14. The Bertz CT molecular complexity index is 1140. The second-order valence-corrected chi connectivity index (χ2v) is 8.07. The molecule has 0 atom stereocenters. The minimum atomic E-state index is -0.376. The molecule has 4 aromatic rings. The van der Waals surface area contributed by atoms with Gasteiger partial charge < -0.3 is 13.7 Å². The van der Waals surface area contributed by atoms with E-state index in [4.69, 9.17) is 13.7 Å². The van der Waals surface area contributed by atoms with Gasteiger partial charge in [-0.15, -0.1) is 0 Å². The SMILES string of the molecule is CC1(C)OB(c2cccc3c2ccc2oc4ccccc4c23)OC1(C)C. The number of benzene rings is 3. The van der Waals surface area contributed by atoms with E-state index >= 15 is 0 Å². The Morgan fingerprint density at radius 3 is 2.12 bits per heavy atom. The van der Waals surface area contributed by atoms with Crippen LogP contribution >= 0.6 is 0 Å². The van der Waals surface area contributed by atoms with Crippen LogP contribution in [0.2, 0.25) is 0 Å². The van der Waals surface area contributed by atoms with E-state index < -0.39 is 0 Å². The molecule has 130 valence electrons. The molecule has 0 bridgehead atoms. The molecular weight excluding hydrogens is 323 g/mol. The van der Waals surface area contributed by atoms with Gasteiger partial charge in [0, 0.05) is 10.8 Å². The Hall–Kier alpha value is -2.30. The molecule has 0 unspecified atom stereocenters. The molecule has 0 radical (unpaired) electrons. The van der Waals surface area contributed by atoms with Crippen LogP contribution in [0, 0.1) is 0 Å². The van der Waals surface area contributed by atoms with E-state index in [2.05, 4.69) is 58.0 Å². The highest BCUT2D eigenvalue weighted by molar-refractivity contribution is 6.65. The predicted octanol–water partition coefficient (Wildman–Crippen LogP) is 5.04. The van der Waals surface area contributed by atoms with Crippen molar-refractivity contribution in [3.05, 3.63) is 54.6 Å². The summed E-state index contributed by atoms with van der Waals surface area (Å²) in [5.74, 6) is 0. The number of fused-ring (bicyclic) bond motifs is 5. The summed E-state index contributed by atoms with van der Waals surface area (Å²) in [5, 5.41) is 4.60. The Labute approximate surface area is 153 Å². The van der Waals surface area contributed by atoms with Crippen LogP contribution < -0.4 is 5.46 Å². The smallest absolute Gasteiger partial charge is 0.456 e. The van der Waals surface area contributed by atoms with Crippen LogP contribution in [0.3, 0.4) is 0 Å². The fraction of sp³-hybridized carbons (Fsp3) is 0.273. The standard InChI is InChI=1S/C22H21BO3/c1-21(2)22(3,4)26-23(25-21)17-10-7-9-15-14(17)12-13-19-20(15)16-8-5-6-11-18(16)24-19/h5-13H,1-4H3. The second kappa shape index (κ2) is 5.12. The summed E-state index contributed by atoms with van der Waals surface area (Å²) in [7, 11) is -0.376. The third kappa shape index (κ3) is 2.09. The molecule has 0 saturated carbocycles. The van der Waals surface area contributed by atoms with Crippen molar-refractivity contribution in [2.24, 2.45) is 0 Å². The van der Waals surface area contributed by atoms with Gasteiger partial charge in [0.1, 0.15) is 11.2 Å². The molecule has 1 aliphatic rings. The minimum Gasteiger partial charge on any atom is -0.456 e. The Balaban J connectivity index is 1.77. The normalized spacial score (nSPS) is 19.0. The van der Waals surface area contributed by atoms with Crippen molar-refractivity contribution in [3.63, 3.8) is 0 Å². The third-order valence-electron chi connectivity index (χ3n) is 5.94. The number of para-hydroxylation sites is 1. The van der Waals surface area contributed by atoms with Crippen LogP contribution in [0.25, 0.3) is 32.7 Å². The molecule has 2 heterocycles. The maximum absolute atomic E-state index is 6.29. The molecule has 0 spiro atoms. The molecular formula is C22H21BO3. The molecule has 0 amide bonds. The van der Waals surface area contributed by atoms with Crippen LogP contribution in [-0.4, -0.2) is 18.3 Å². The Morgan fingerprint density at radius 1 is 0.654 bits per heavy atom. The fourth-order valence-corrected chi connectivity index (χ4v) is 3.78. The zero-order valence-corrected chi connectivity index (χ0v) is 15.5. The van der Waals surface area contributed by atoms with Gasteiger partial charge in [-0.25, -0.2) is 0 Å². The molecule has 26 heavy (non-hydrogen) atoms. The second-order valence-electron chi connectivity index (χ2n) is 8.07. The predicted molar refractivity (Wildman–Crippen MR) is 107 cm³/mol. The van der Waals surface area contributed by atoms with Crippen LogP contribution in [0.4, 0.5) is 0 Å². The summed E-state index contributed by atoms with van der Waals surface area (Å²) in [4.78, 5) is 0. The van der Waals surface area contributed by atoms with Crippen molar-refractivity contribution in [1.29, 1.82) is 0 Å². The summed E-state index contributed by atoms with van der Waals surface area (Å²) in [6.45, 7) is 8.33. The van der Waals surface area contributed by atoms with Gasteiger partial charge in [0.2, 0.25) is 0 Å². The first-order valence-electron chi connectivity index (χ1n) is 9.06. The Morgan fingerprint density at radius 2 is 1.35 bits per heavy atom. The highest BCUT2D eigenvalue weighted by Gasteiger charge is 2.52. The van der Waals surface area contributed by atoms with Crippen LogP contribution in [0.15, 0.2) is 59.0 Å². The van der Waals surface area contributed by atoms with E-state index in [0.29, 0.717) is 0 Å². The van der Waals surface area contributed by atoms with Crippen molar-refractivity contribution in [2.75, 3.05) is 0 Å². The lowest BCUT2D eigenvalue weighted by atomic mass is 9.76. The molecule has 1 aromatic heterocycles. The maximum atomic E-state index is 6.29. The molecule has 0 aliphatic carbocycles. The molecule has 1 fully saturated rings. The quantitative estimate of drug-likeness (QED) is 0.454. The van der Waals surface area contributed by atoms with Crippen molar-refractivity contribution in [1.82, 2.24) is 0 Å². The van der Waals surface area contributed by atoms with Crippen molar-refractivity contribution in [3.8, 4) is 0 Å². The van der Waals surface area contributed by atoms with Gasteiger partial charge >= 0.3 is 7.12 Å². The third-order valence-corrected chi connectivity index (χ3v) is 5.94. The zero-order chi connectivity index (χ0) is 18.1. The monoisotopic (exact) mass is 344 g/mol. The summed E-state index contributed by atoms with van der Waals surface area (Å²) < 4.78 is 18.6. The molecule has 3 nitrogen and oxygen atoms in total. The molecule has 1 aliphatic heterocycles. The first kappa shape index (κ1) is 15.9. The molecule has 5 rings (SSSR count). The zero-order valence-electron chi connectivity index (χ0n) is 15.5. The van der Waals surface area contributed by atoms with Crippen LogP contribution in [0.1, 0.15) is 27.7 Å². The van der Waals surface area contributed by atoms with Gasteiger partial charge in [-0.1, -0.05) is 42.5 Å². The molecule has 4 heteroatoms. The van der Waals surface area contributed by atoms with Crippen LogP contribution in [0.5, 0.6) is 0 Å². The van der Waals surface area contributed by atoms with Gasteiger partial charge in [-0.2, -0.15) is 0 Å².